The summed E-state index contributed by atoms with van der Waals surface area (Å²) in [6, 6.07) is 1.73. The van der Waals surface area contributed by atoms with Crippen LogP contribution < -0.4 is 5.73 Å². The van der Waals surface area contributed by atoms with Gasteiger partial charge in [-0.3, -0.25) is 0 Å². The molecular weight excluding hydrogens is 484 g/mol. The topological polar surface area (TPSA) is 122 Å². The number of nitrogens with zero attached hydrogens (tertiary/aromatic N) is 3. The zero-order chi connectivity index (χ0) is 26.0. The molecule has 0 aliphatic carbocycles. The van der Waals surface area contributed by atoms with Gasteiger partial charge in [0.15, 0.2) is 5.60 Å². The van der Waals surface area contributed by atoms with Crippen molar-refractivity contribution in [2.75, 3.05) is 18.9 Å². The largest absolute Gasteiger partial charge is 0.508 e. The number of aromatic nitrogens is 3. The quantitative estimate of drug-likeness (QED) is 0.147. The predicted molar refractivity (Wildman–Crippen MR) is 138 cm³/mol. The van der Waals surface area contributed by atoms with Crippen molar-refractivity contribution in [1.82, 2.24) is 14.5 Å². The molecule has 3 heterocycles. The van der Waals surface area contributed by atoms with E-state index in [-0.39, 0.29) is 30.7 Å². The first-order valence-electron chi connectivity index (χ1n) is 12.8. The number of hydrogen-bond donors (Lipinski definition) is 2. The number of unbranched alkanes of at least 4 members (excludes halogenated alkanes) is 9. The van der Waals surface area contributed by atoms with Crippen molar-refractivity contribution >= 4 is 34.6 Å². The number of nitrogens with two attached hydrogens (primary N) is 1. The Bertz CT molecular complexity index is 1040. The van der Waals surface area contributed by atoms with E-state index in [0.29, 0.717) is 11.0 Å². The molecule has 1 aliphatic rings. The molecular formula is C26H37ClN4O5. The van der Waals surface area contributed by atoms with Gasteiger partial charge in [-0.25, -0.2) is 9.78 Å². The molecule has 198 valence electrons. The molecule has 36 heavy (non-hydrogen) atoms. The number of carbonyl (C=O) groups excluding carboxylic acids is 1. The maximum atomic E-state index is 12.1. The minimum Gasteiger partial charge on any atom is -0.434 e. The number of aliphatic hydroxyl groups excluding tert-OH is 1. The molecule has 2 aromatic heterocycles. The predicted octanol–water partition coefficient (Wildman–Crippen LogP) is 5.39. The number of rotatable bonds is 14. The molecule has 0 bridgehead atoms. The summed E-state index contributed by atoms with van der Waals surface area (Å²) in [6.07, 6.45) is 16.9. The fourth-order valence-electron chi connectivity index (χ4n) is 4.44. The lowest BCUT2D eigenvalue weighted by Crippen LogP contribution is -2.43. The lowest BCUT2D eigenvalue weighted by molar-refractivity contribution is -0.0979. The van der Waals surface area contributed by atoms with Crippen LogP contribution in [0.1, 0.15) is 83.8 Å². The van der Waals surface area contributed by atoms with Crippen LogP contribution in [0.25, 0.3) is 11.0 Å². The number of fused-ring (bicyclic) bond motifs is 1. The van der Waals surface area contributed by atoms with Crippen LogP contribution in [0.2, 0.25) is 5.28 Å². The molecule has 0 radical (unpaired) electrons. The highest BCUT2D eigenvalue weighted by atomic mass is 35.5. The summed E-state index contributed by atoms with van der Waals surface area (Å²) < 4.78 is 18.0. The van der Waals surface area contributed by atoms with Crippen LogP contribution in [0.15, 0.2) is 12.3 Å². The van der Waals surface area contributed by atoms with Gasteiger partial charge in [0.25, 0.3) is 0 Å². The van der Waals surface area contributed by atoms with Gasteiger partial charge in [0.2, 0.25) is 5.28 Å². The van der Waals surface area contributed by atoms with Crippen LogP contribution in [0.5, 0.6) is 0 Å². The second-order valence-corrected chi connectivity index (χ2v) is 9.60. The van der Waals surface area contributed by atoms with E-state index in [9.17, 15) is 9.90 Å². The molecule has 10 heteroatoms. The van der Waals surface area contributed by atoms with Crippen LogP contribution in [0.4, 0.5) is 10.6 Å². The molecule has 0 spiro atoms. The summed E-state index contributed by atoms with van der Waals surface area (Å²) >= 11 is 5.95. The number of terminal acetylenes is 1. The summed E-state index contributed by atoms with van der Waals surface area (Å²) in [5.74, 6) is 2.69. The van der Waals surface area contributed by atoms with Crippen LogP contribution in [0, 0.1) is 12.3 Å². The highest BCUT2D eigenvalue weighted by molar-refractivity contribution is 6.28. The van der Waals surface area contributed by atoms with Gasteiger partial charge in [-0.2, -0.15) is 4.98 Å². The van der Waals surface area contributed by atoms with Crippen molar-refractivity contribution in [2.45, 2.75) is 95.5 Å². The van der Waals surface area contributed by atoms with E-state index >= 15 is 0 Å². The third-order valence-corrected chi connectivity index (χ3v) is 6.73. The van der Waals surface area contributed by atoms with Crippen molar-refractivity contribution in [3.8, 4) is 12.3 Å². The van der Waals surface area contributed by atoms with Crippen molar-refractivity contribution < 1.29 is 24.1 Å². The number of nitrogen functional groups attached to an aromatic ring is 1. The fraction of sp³-hybridized carbons (Fsp3) is 0.654. The van der Waals surface area contributed by atoms with E-state index in [2.05, 4.69) is 22.8 Å². The number of halogens is 1. The summed E-state index contributed by atoms with van der Waals surface area (Å²) in [6.45, 7) is 2.17. The Morgan fingerprint density at radius 3 is 2.56 bits per heavy atom. The van der Waals surface area contributed by atoms with Crippen LogP contribution in [-0.2, 0) is 14.2 Å². The van der Waals surface area contributed by atoms with Crippen LogP contribution >= 0.6 is 11.6 Å². The van der Waals surface area contributed by atoms with Crippen molar-refractivity contribution in [3.63, 3.8) is 0 Å². The third kappa shape index (κ3) is 7.25. The molecule has 3 atom stereocenters. The Kier molecular flexibility index (Phi) is 10.7. The number of hydrogen-bond acceptors (Lipinski definition) is 8. The number of aliphatic hydroxyl groups is 1. The van der Waals surface area contributed by atoms with E-state index in [1.54, 1.807) is 16.8 Å². The molecule has 9 nitrogen and oxygen atoms in total. The molecule has 0 saturated carbocycles. The van der Waals surface area contributed by atoms with E-state index in [1.807, 2.05) is 0 Å². The standard InChI is InChI=1S/C26H37ClN4O5/c1-3-5-6-7-8-9-10-11-12-13-16-34-25(33)35-18-26(4-2)20(32)17-21(36-26)31-15-14-19-22(28)29-24(27)30-23(19)31/h2,14-15,20-21,32H,3,5-13,16-18H2,1H3,(H2,28,29,30)/t20-,21+,26+/m0/s1. The highest BCUT2D eigenvalue weighted by Gasteiger charge is 2.49. The van der Waals surface area contributed by atoms with Crippen molar-refractivity contribution in [3.05, 3.63) is 17.5 Å². The first-order chi connectivity index (χ1) is 17.4. The Morgan fingerprint density at radius 2 is 1.89 bits per heavy atom. The van der Waals surface area contributed by atoms with Crippen molar-refractivity contribution in [1.29, 1.82) is 0 Å². The monoisotopic (exact) mass is 520 g/mol. The Hall–Kier alpha value is -2.54. The summed E-state index contributed by atoms with van der Waals surface area (Å²) in [4.78, 5) is 20.2. The van der Waals surface area contributed by atoms with Gasteiger partial charge in [-0.1, -0.05) is 70.6 Å². The lowest BCUT2D eigenvalue weighted by atomic mass is 9.99. The highest BCUT2D eigenvalue weighted by Crippen LogP contribution is 2.39. The fourth-order valence-corrected chi connectivity index (χ4v) is 4.61. The average Bonchev–Trinajstić information content (AvgIpc) is 3.42. The third-order valence-electron chi connectivity index (χ3n) is 6.56. The summed E-state index contributed by atoms with van der Waals surface area (Å²) in [7, 11) is 0. The van der Waals surface area contributed by atoms with Crippen LogP contribution in [-0.4, -0.2) is 50.7 Å². The molecule has 2 aromatic rings. The first kappa shape index (κ1) is 28.0. The summed E-state index contributed by atoms with van der Waals surface area (Å²) in [5, 5.41) is 11.3. The van der Waals surface area contributed by atoms with E-state index in [4.69, 9.17) is 38.0 Å². The first-order valence-corrected chi connectivity index (χ1v) is 13.2. The lowest BCUT2D eigenvalue weighted by Gasteiger charge is -2.26. The zero-order valence-corrected chi connectivity index (χ0v) is 21.7. The minimum atomic E-state index is -1.51. The van der Waals surface area contributed by atoms with Gasteiger partial charge < -0.3 is 29.6 Å². The second kappa shape index (κ2) is 13.7. The van der Waals surface area contributed by atoms with Crippen molar-refractivity contribution in [2.24, 2.45) is 0 Å². The van der Waals surface area contributed by atoms with Gasteiger partial charge >= 0.3 is 6.16 Å². The minimum absolute atomic E-state index is 0.00445. The van der Waals surface area contributed by atoms with Gasteiger partial charge in [-0.05, 0) is 24.1 Å². The number of carbonyl (C=O) groups is 1. The SMILES string of the molecule is C#C[C@]1(COC(=O)OCCCCCCCCCCCC)O[C@@H](n2ccc3c(N)nc(Cl)nc32)C[C@@H]1O. The van der Waals surface area contributed by atoms with E-state index in [1.165, 1.54) is 44.9 Å². The molecule has 0 unspecified atom stereocenters. The van der Waals surface area contributed by atoms with Crippen LogP contribution in [0.3, 0.4) is 0 Å². The number of anilines is 1. The van der Waals surface area contributed by atoms with Gasteiger partial charge in [0, 0.05) is 12.6 Å². The van der Waals surface area contributed by atoms with E-state index in [0.717, 1.165) is 19.3 Å². The summed E-state index contributed by atoms with van der Waals surface area (Å²) in [5.41, 5.74) is 4.85. The second-order valence-electron chi connectivity index (χ2n) is 9.27. The molecule has 1 fully saturated rings. The van der Waals surface area contributed by atoms with E-state index < -0.39 is 24.1 Å². The maximum absolute atomic E-state index is 12.1. The number of ether oxygens (including phenoxy) is 3. The zero-order valence-electron chi connectivity index (χ0n) is 21.0. The van der Waals surface area contributed by atoms with Gasteiger partial charge in [0.1, 0.15) is 30.4 Å². The Morgan fingerprint density at radius 1 is 1.22 bits per heavy atom. The maximum Gasteiger partial charge on any atom is 0.508 e. The molecule has 1 saturated heterocycles. The molecule has 0 amide bonds. The average molecular weight is 521 g/mol. The van der Waals surface area contributed by atoms with Gasteiger partial charge in [-0.15, -0.1) is 6.42 Å². The van der Waals surface area contributed by atoms with Gasteiger partial charge in [0.05, 0.1) is 12.0 Å². The smallest absolute Gasteiger partial charge is 0.434 e. The normalized spacial score (nSPS) is 21.5. The molecule has 0 aromatic carbocycles. The molecule has 3 rings (SSSR count). The molecule has 3 N–H and O–H groups in total. The Labute approximate surface area is 217 Å². The molecule has 1 aliphatic heterocycles. The Balaban J connectivity index is 1.40.